The molecule has 4 unspecified atom stereocenters. The Morgan fingerprint density at radius 1 is 1.44 bits per heavy atom. The van der Waals surface area contributed by atoms with Crippen LogP contribution in [0.3, 0.4) is 0 Å². The van der Waals surface area contributed by atoms with Crippen LogP contribution >= 0.6 is 11.8 Å². The molecule has 16 heavy (non-hydrogen) atoms. The topological polar surface area (TPSA) is 38.3 Å². The first-order valence-corrected chi connectivity index (χ1v) is 6.99. The summed E-state index contributed by atoms with van der Waals surface area (Å²) in [5.74, 6) is 1.79. The van der Waals surface area contributed by atoms with Gasteiger partial charge in [-0.25, -0.2) is 0 Å². The molecule has 1 aliphatic carbocycles. The van der Waals surface area contributed by atoms with E-state index in [0.717, 1.165) is 5.92 Å². The number of hydrogen-bond donors (Lipinski definition) is 1. The number of hydrogen-bond acceptors (Lipinski definition) is 4. The third-order valence-electron chi connectivity index (χ3n) is 3.38. The van der Waals surface area contributed by atoms with Gasteiger partial charge in [-0.2, -0.15) is 0 Å². The van der Waals surface area contributed by atoms with Gasteiger partial charge in [0.2, 0.25) is 0 Å². The molecule has 1 N–H and O–H groups in total. The van der Waals surface area contributed by atoms with Crippen molar-refractivity contribution in [3.8, 4) is 0 Å². The number of nitrogens with one attached hydrogen (secondary N) is 1. The molecule has 94 valence electrons. The van der Waals surface area contributed by atoms with Gasteiger partial charge in [0.25, 0.3) is 0 Å². The van der Waals surface area contributed by atoms with Crippen molar-refractivity contribution in [2.45, 2.75) is 38.0 Å². The van der Waals surface area contributed by atoms with Gasteiger partial charge in [-0.3, -0.25) is 4.79 Å². The number of carbonyl (C=O) groups is 1. The van der Waals surface area contributed by atoms with E-state index in [1.165, 1.54) is 20.0 Å². The minimum Gasteiger partial charge on any atom is -0.468 e. The van der Waals surface area contributed by atoms with Crippen molar-refractivity contribution in [3.63, 3.8) is 0 Å². The highest BCUT2D eigenvalue weighted by Crippen LogP contribution is 2.36. The van der Waals surface area contributed by atoms with Gasteiger partial charge in [0, 0.05) is 11.3 Å². The smallest absolute Gasteiger partial charge is 0.315 e. The number of carbonyl (C=O) groups excluding carboxylic acids is 1. The number of esters is 1. The Kier molecular flexibility index (Phi) is 5.62. The second kappa shape index (κ2) is 6.50. The van der Waals surface area contributed by atoms with Crippen LogP contribution in [0.4, 0.5) is 0 Å². The minimum absolute atomic E-state index is 0.120. The summed E-state index contributed by atoms with van der Waals surface area (Å²) < 4.78 is 4.69. The molecular formula is C12H23NO2S. The SMILES string of the molecule is CNC1CC(C)CC(C)C1SCC(=O)OC. The van der Waals surface area contributed by atoms with E-state index in [4.69, 9.17) is 0 Å². The molecule has 0 aromatic carbocycles. The first-order chi connectivity index (χ1) is 7.58. The van der Waals surface area contributed by atoms with E-state index in [0.29, 0.717) is 23.0 Å². The van der Waals surface area contributed by atoms with Crippen molar-refractivity contribution in [1.82, 2.24) is 5.32 Å². The van der Waals surface area contributed by atoms with Gasteiger partial charge in [-0.1, -0.05) is 13.8 Å². The van der Waals surface area contributed by atoms with Crippen LogP contribution in [0.2, 0.25) is 0 Å². The highest BCUT2D eigenvalue weighted by Gasteiger charge is 2.33. The van der Waals surface area contributed by atoms with Crippen molar-refractivity contribution in [2.24, 2.45) is 11.8 Å². The monoisotopic (exact) mass is 245 g/mol. The molecule has 4 atom stereocenters. The zero-order chi connectivity index (χ0) is 12.1. The summed E-state index contributed by atoms with van der Waals surface area (Å²) in [5.41, 5.74) is 0. The quantitative estimate of drug-likeness (QED) is 0.768. The average Bonchev–Trinajstić information content (AvgIpc) is 2.26. The Bertz CT molecular complexity index is 235. The minimum atomic E-state index is -0.120. The molecule has 0 saturated heterocycles. The van der Waals surface area contributed by atoms with E-state index in [-0.39, 0.29) is 5.97 Å². The average molecular weight is 245 g/mol. The van der Waals surface area contributed by atoms with Crippen LogP contribution in [0.15, 0.2) is 0 Å². The second-order valence-electron chi connectivity index (χ2n) is 4.80. The lowest BCUT2D eigenvalue weighted by Crippen LogP contribution is -2.45. The fraction of sp³-hybridized carbons (Fsp3) is 0.917. The summed E-state index contributed by atoms with van der Waals surface area (Å²) in [4.78, 5) is 11.2. The molecule has 1 aliphatic rings. The zero-order valence-electron chi connectivity index (χ0n) is 10.7. The molecular weight excluding hydrogens is 222 g/mol. The van der Waals surface area contributed by atoms with E-state index in [2.05, 4.69) is 23.9 Å². The first-order valence-electron chi connectivity index (χ1n) is 5.94. The Morgan fingerprint density at radius 3 is 2.69 bits per heavy atom. The number of thioether (sulfide) groups is 1. The number of ether oxygens (including phenoxy) is 1. The summed E-state index contributed by atoms with van der Waals surface area (Å²) in [6.07, 6.45) is 2.47. The van der Waals surface area contributed by atoms with Gasteiger partial charge >= 0.3 is 5.97 Å². The second-order valence-corrected chi connectivity index (χ2v) is 5.97. The van der Waals surface area contributed by atoms with Gasteiger partial charge in [-0.05, 0) is 31.7 Å². The first kappa shape index (κ1) is 13.8. The Hall–Kier alpha value is -0.220. The van der Waals surface area contributed by atoms with Crippen LogP contribution in [-0.4, -0.2) is 37.2 Å². The normalized spacial score (nSPS) is 34.8. The molecule has 4 heteroatoms. The fourth-order valence-electron chi connectivity index (χ4n) is 2.61. The van der Waals surface area contributed by atoms with Gasteiger partial charge in [0.15, 0.2) is 0 Å². The molecule has 0 aromatic heterocycles. The largest absolute Gasteiger partial charge is 0.468 e. The van der Waals surface area contributed by atoms with Crippen LogP contribution in [0.1, 0.15) is 26.7 Å². The lowest BCUT2D eigenvalue weighted by Gasteiger charge is -2.39. The van der Waals surface area contributed by atoms with Gasteiger partial charge < -0.3 is 10.1 Å². The van der Waals surface area contributed by atoms with Crippen LogP contribution in [-0.2, 0) is 9.53 Å². The molecule has 1 rings (SSSR count). The maximum absolute atomic E-state index is 11.2. The van der Waals surface area contributed by atoms with Gasteiger partial charge in [-0.15, -0.1) is 11.8 Å². The standard InChI is InChI=1S/C12H23NO2S/c1-8-5-9(2)12(10(6-8)13-3)16-7-11(14)15-4/h8-10,12-13H,5-7H2,1-4H3. The van der Waals surface area contributed by atoms with Crippen molar-refractivity contribution in [2.75, 3.05) is 19.9 Å². The molecule has 1 fully saturated rings. The molecule has 0 radical (unpaired) electrons. The zero-order valence-corrected chi connectivity index (χ0v) is 11.5. The molecule has 3 nitrogen and oxygen atoms in total. The summed E-state index contributed by atoms with van der Waals surface area (Å²) >= 11 is 1.74. The van der Waals surface area contributed by atoms with E-state index in [1.807, 2.05) is 7.05 Å². The lowest BCUT2D eigenvalue weighted by atomic mass is 9.80. The van der Waals surface area contributed by atoms with Crippen LogP contribution < -0.4 is 5.32 Å². The maximum atomic E-state index is 11.2. The maximum Gasteiger partial charge on any atom is 0.315 e. The van der Waals surface area contributed by atoms with Crippen LogP contribution in [0.5, 0.6) is 0 Å². The summed E-state index contributed by atoms with van der Waals surface area (Å²) in [7, 11) is 3.46. The van der Waals surface area contributed by atoms with Crippen molar-refractivity contribution < 1.29 is 9.53 Å². The third-order valence-corrected chi connectivity index (χ3v) is 4.96. The summed E-state index contributed by atoms with van der Waals surface area (Å²) in [6.45, 7) is 4.59. The molecule has 0 spiro atoms. The van der Waals surface area contributed by atoms with Crippen LogP contribution in [0, 0.1) is 11.8 Å². The predicted octanol–water partition coefficient (Wildman–Crippen LogP) is 1.92. The predicted molar refractivity (Wildman–Crippen MR) is 68.7 cm³/mol. The van der Waals surface area contributed by atoms with Crippen molar-refractivity contribution in [3.05, 3.63) is 0 Å². The Balaban J connectivity index is 2.50. The molecule has 0 aromatic rings. The van der Waals surface area contributed by atoms with Crippen molar-refractivity contribution >= 4 is 17.7 Å². The molecule has 0 amide bonds. The molecule has 0 heterocycles. The number of rotatable bonds is 4. The molecule has 0 aliphatic heterocycles. The highest BCUT2D eigenvalue weighted by molar-refractivity contribution is 8.00. The molecule has 0 bridgehead atoms. The highest BCUT2D eigenvalue weighted by atomic mass is 32.2. The van der Waals surface area contributed by atoms with E-state index < -0.39 is 0 Å². The van der Waals surface area contributed by atoms with Gasteiger partial charge in [0.05, 0.1) is 12.9 Å². The summed E-state index contributed by atoms with van der Waals surface area (Å²) in [6, 6.07) is 0.522. The van der Waals surface area contributed by atoms with E-state index in [9.17, 15) is 4.79 Å². The van der Waals surface area contributed by atoms with E-state index in [1.54, 1.807) is 11.8 Å². The van der Waals surface area contributed by atoms with Crippen molar-refractivity contribution in [1.29, 1.82) is 0 Å². The number of methoxy groups -OCH3 is 1. The van der Waals surface area contributed by atoms with E-state index >= 15 is 0 Å². The summed E-state index contributed by atoms with van der Waals surface area (Å²) in [5, 5.41) is 3.91. The lowest BCUT2D eigenvalue weighted by molar-refractivity contribution is -0.137. The Labute approximate surface area is 103 Å². The Morgan fingerprint density at radius 2 is 2.12 bits per heavy atom. The molecule has 1 saturated carbocycles. The van der Waals surface area contributed by atoms with Gasteiger partial charge in [0.1, 0.15) is 0 Å². The van der Waals surface area contributed by atoms with Crippen LogP contribution in [0.25, 0.3) is 0 Å². The fourth-order valence-corrected chi connectivity index (χ4v) is 3.98. The third kappa shape index (κ3) is 3.67.